The second-order valence-corrected chi connectivity index (χ2v) is 4.75. The van der Waals surface area contributed by atoms with Crippen LogP contribution in [0.15, 0.2) is 12.1 Å². The van der Waals surface area contributed by atoms with Gasteiger partial charge in [0.1, 0.15) is 23.6 Å². The van der Waals surface area contributed by atoms with Crippen LogP contribution in [0.2, 0.25) is 0 Å². The van der Waals surface area contributed by atoms with E-state index in [0.717, 1.165) is 6.07 Å². The van der Waals surface area contributed by atoms with Gasteiger partial charge in [0.15, 0.2) is 0 Å². The lowest BCUT2D eigenvalue weighted by Crippen LogP contribution is -2.53. The van der Waals surface area contributed by atoms with E-state index >= 15 is 0 Å². The molecule has 0 saturated carbocycles. The van der Waals surface area contributed by atoms with Crippen molar-refractivity contribution in [1.82, 2.24) is 5.32 Å². The zero-order valence-corrected chi connectivity index (χ0v) is 11.2. The fourth-order valence-electron chi connectivity index (χ4n) is 2.18. The van der Waals surface area contributed by atoms with E-state index in [4.69, 9.17) is 15.5 Å². The number of primary amides is 1. The van der Waals surface area contributed by atoms with Crippen LogP contribution >= 0.6 is 0 Å². The smallest absolute Gasteiger partial charge is 0.534 e. The summed E-state index contributed by atoms with van der Waals surface area (Å²) in [5.74, 6) is -5.25. The largest absolute Gasteiger partial charge is 0.547 e. The van der Waals surface area contributed by atoms with Crippen molar-refractivity contribution in [1.29, 1.82) is 0 Å². The Bertz CT molecular complexity index is 653. The minimum atomic E-state index is -1.58. The number of hydrogen-bond acceptors (Lipinski definition) is 5. The van der Waals surface area contributed by atoms with Gasteiger partial charge in [0.25, 0.3) is 0 Å². The fourth-order valence-corrected chi connectivity index (χ4v) is 2.18. The van der Waals surface area contributed by atoms with E-state index in [1.807, 2.05) is 0 Å². The summed E-state index contributed by atoms with van der Waals surface area (Å²) in [5, 5.41) is 21.2. The Kier molecular flexibility index (Phi) is 4.31. The third-order valence-corrected chi connectivity index (χ3v) is 3.11. The van der Waals surface area contributed by atoms with Crippen molar-refractivity contribution in [3.8, 4) is 5.75 Å². The van der Waals surface area contributed by atoms with Gasteiger partial charge in [0.05, 0.1) is 5.94 Å². The summed E-state index contributed by atoms with van der Waals surface area (Å²) in [4.78, 5) is 33.2. The Morgan fingerprint density at radius 1 is 1.45 bits per heavy atom. The SMILES string of the molecule is NC(=O)CC(=O)NC1Cc2ccc(F)c(C(=O)O)c2OB1O. The Morgan fingerprint density at radius 3 is 2.73 bits per heavy atom. The molecule has 0 spiro atoms. The van der Waals surface area contributed by atoms with Crippen LogP contribution in [0, 0.1) is 5.82 Å². The van der Waals surface area contributed by atoms with Gasteiger partial charge in [-0.1, -0.05) is 6.07 Å². The average Bonchev–Trinajstić information content (AvgIpc) is 2.38. The molecular weight excluding hydrogens is 298 g/mol. The zero-order chi connectivity index (χ0) is 16.4. The molecule has 0 aromatic heterocycles. The van der Waals surface area contributed by atoms with Crippen LogP contribution in [-0.4, -0.2) is 41.0 Å². The summed E-state index contributed by atoms with van der Waals surface area (Å²) in [6.45, 7) is 0. The van der Waals surface area contributed by atoms with Crippen LogP contribution < -0.4 is 15.7 Å². The number of fused-ring (bicyclic) bond motifs is 1. The minimum absolute atomic E-state index is 0.0154. The van der Waals surface area contributed by atoms with E-state index in [1.165, 1.54) is 6.07 Å². The monoisotopic (exact) mass is 310 g/mol. The summed E-state index contributed by atoms with van der Waals surface area (Å²) >= 11 is 0. The van der Waals surface area contributed by atoms with E-state index in [-0.39, 0.29) is 12.2 Å². The van der Waals surface area contributed by atoms with Gasteiger partial charge in [-0.3, -0.25) is 9.59 Å². The summed E-state index contributed by atoms with van der Waals surface area (Å²) in [6.07, 6.45) is -0.540. The van der Waals surface area contributed by atoms with E-state index in [2.05, 4.69) is 5.32 Å². The second-order valence-electron chi connectivity index (χ2n) is 4.75. The van der Waals surface area contributed by atoms with Gasteiger partial charge in [-0.05, 0) is 18.1 Å². The predicted octanol–water partition coefficient (Wildman–Crippen LogP) is -1.16. The second kappa shape index (κ2) is 6.02. The van der Waals surface area contributed by atoms with E-state index in [9.17, 15) is 23.8 Å². The Balaban J connectivity index is 2.24. The Hall–Kier alpha value is -2.62. The van der Waals surface area contributed by atoms with Crippen molar-refractivity contribution in [3.63, 3.8) is 0 Å². The van der Waals surface area contributed by atoms with Gasteiger partial charge in [-0.15, -0.1) is 0 Å². The average molecular weight is 310 g/mol. The number of carbonyl (C=O) groups excluding carboxylic acids is 2. The molecule has 2 amide bonds. The molecule has 10 heteroatoms. The molecule has 8 nitrogen and oxygen atoms in total. The van der Waals surface area contributed by atoms with Gasteiger partial charge in [-0.2, -0.15) is 0 Å². The van der Waals surface area contributed by atoms with Crippen LogP contribution in [0.1, 0.15) is 22.3 Å². The number of nitrogens with two attached hydrogens (primary N) is 1. The lowest BCUT2D eigenvalue weighted by Gasteiger charge is -2.28. The topological polar surface area (TPSA) is 139 Å². The maximum Gasteiger partial charge on any atom is 0.547 e. The van der Waals surface area contributed by atoms with Crippen molar-refractivity contribution < 1.29 is 33.6 Å². The Morgan fingerprint density at radius 2 is 2.14 bits per heavy atom. The van der Waals surface area contributed by atoms with Gasteiger partial charge >= 0.3 is 13.1 Å². The molecule has 0 fully saturated rings. The summed E-state index contributed by atoms with van der Waals surface area (Å²) in [7, 11) is -1.58. The van der Waals surface area contributed by atoms with Crippen molar-refractivity contribution in [2.45, 2.75) is 18.8 Å². The first-order valence-corrected chi connectivity index (χ1v) is 6.26. The summed E-state index contributed by atoms with van der Waals surface area (Å²) in [6, 6.07) is 2.27. The molecule has 1 unspecified atom stereocenters. The molecule has 22 heavy (non-hydrogen) atoms. The Labute approximate surface area is 124 Å². The summed E-state index contributed by atoms with van der Waals surface area (Å²) < 4.78 is 18.6. The van der Waals surface area contributed by atoms with Gasteiger partial charge in [-0.25, -0.2) is 9.18 Å². The minimum Gasteiger partial charge on any atom is -0.534 e. The maximum absolute atomic E-state index is 13.5. The molecular formula is C12H12BFN2O6. The molecule has 1 atom stereocenters. The molecule has 116 valence electrons. The lowest BCUT2D eigenvalue weighted by molar-refractivity contribution is -0.127. The van der Waals surface area contributed by atoms with E-state index in [0.29, 0.717) is 5.56 Å². The van der Waals surface area contributed by atoms with Crippen molar-refractivity contribution in [2.75, 3.05) is 0 Å². The molecule has 1 aliphatic heterocycles. The normalized spacial score (nSPS) is 16.5. The fraction of sp³-hybridized carbons (Fsp3) is 0.250. The quantitative estimate of drug-likeness (QED) is 0.408. The first-order valence-electron chi connectivity index (χ1n) is 6.26. The molecule has 5 N–H and O–H groups in total. The van der Waals surface area contributed by atoms with Crippen LogP contribution in [0.3, 0.4) is 0 Å². The van der Waals surface area contributed by atoms with E-state index in [1.54, 1.807) is 0 Å². The van der Waals surface area contributed by atoms with Crippen LogP contribution in [0.25, 0.3) is 0 Å². The number of amides is 2. The number of halogens is 1. The molecule has 1 heterocycles. The first-order chi connectivity index (χ1) is 10.3. The third-order valence-electron chi connectivity index (χ3n) is 3.11. The molecule has 1 aromatic carbocycles. The van der Waals surface area contributed by atoms with Gasteiger partial charge < -0.3 is 25.8 Å². The first kappa shape index (κ1) is 15.8. The number of carbonyl (C=O) groups is 3. The summed E-state index contributed by atoms with van der Waals surface area (Å²) in [5.41, 5.74) is 4.51. The lowest BCUT2D eigenvalue weighted by atomic mass is 9.72. The van der Waals surface area contributed by atoms with Crippen LogP contribution in [0.5, 0.6) is 5.75 Å². The van der Waals surface area contributed by atoms with Crippen LogP contribution in [-0.2, 0) is 16.0 Å². The number of benzene rings is 1. The zero-order valence-electron chi connectivity index (χ0n) is 11.2. The number of hydrogen-bond donors (Lipinski definition) is 4. The molecule has 0 radical (unpaired) electrons. The molecule has 0 saturated heterocycles. The van der Waals surface area contributed by atoms with Crippen molar-refractivity contribution in [3.05, 3.63) is 29.1 Å². The number of nitrogens with one attached hydrogen (secondary N) is 1. The molecule has 0 aliphatic carbocycles. The number of aromatic carboxylic acids is 1. The highest BCUT2D eigenvalue weighted by Crippen LogP contribution is 2.31. The highest BCUT2D eigenvalue weighted by molar-refractivity contribution is 6.47. The third kappa shape index (κ3) is 3.17. The maximum atomic E-state index is 13.5. The number of rotatable bonds is 4. The predicted molar refractivity (Wildman–Crippen MR) is 71.4 cm³/mol. The molecule has 0 bridgehead atoms. The van der Waals surface area contributed by atoms with E-state index < -0.39 is 48.6 Å². The van der Waals surface area contributed by atoms with Crippen molar-refractivity contribution in [2.24, 2.45) is 5.73 Å². The van der Waals surface area contributed by atoms with Gasteiger partial charge in [0.2, 0.25) is 11.8 Å². The number of carboxylic acid groups (broad SMARTS) is 1. The molecule has 1 aliphatic rings. The van der Waals surface area contributed by atoms with Crippen LogP contribution in [0.4, 0.5) is 4.39 Å². The number of carboxylic acids is 1. The highest BCUT2D eigenvalue weighted by atomic mass is 19.1. The van der Waals surface area contributed by atoms with Crippen molar-refractivity contribution >= 4 is 24.9 Å². The van der Waals surface area contributed by atoms with Gasteiger partial charge in [0, 0.05) is 0 Å². The molecule has 2 rings (SSSR count). The highest BCUT2D eigenvalue weighted by Gasteiger charge is 2.38. The molecule has 1 aromatic rings. The standard InChI is InChI=1S/C12H12BFN2O6/c14-6-2-1-5-3-7(16-9(18)4-8(15)17)13(21)22-11(5)10(6)12(19)20/h1-2,7,21H,3-4H2,(H2,15,17)(H,16,18)(H,19,20).